The molecule has 3 heterocycles. The molecule has 0 radical (unpaired) electrons. The Morgan fingerprint density at radius 3 is 2.41 bits per heavy atom. The Hall–Kier alpha value is -4.45. The van der Waals surface area contributed by atoms with Crippen molar-refractivity contribution in [2.75, 3.05) is 19.0 Å². The molecular weight excluding hydrogens is 460 g/mol. The number of aromatic nitrogens is 3. The lowest BCUT2D eigenvalue weighted by atomic mass is 9.79. The second-order valence-electron chi connectivity index (χ2n) is 9.57. The van der Waals surface area contributed by atoms with Gasteiger partial charge in [0.15, 0.2) is 5.69 Å². The fourth-order valence-corrected chi connectivity index (χ4v) is 5.67. The Bertz CT molecular complexity index is 1660. The molecule has 0 saturated heterocycles. The third-order valence-electron chi connectivity index (χ3n) is 7.26. The largest absolute Gasteiger partial charge is 0.438 e. The Kier molecular flexibility index (Phi) is 5.33. The standard InChI is InChI=1S/C31H28N4O2/c1-5-35-25-14-10-9-13-23(25)26(28(35)21-11-7-6-8-12-21)31(24-16-15-22(34(3)4)19-20(24)2)29-27(30(36)37-31)32-17-18-33-29/h6-19H,5H2,1-4H3. The van der Waals surface area contributed by atoms with Crippen LogP contribution in [0.1, 0.15) is 39.8 Å². The van der Waals surface area contributed by atoms with E-state index in [1.165, 1.54) is 0 Å². The number of para-hydroxylation sites is 1. The van der Waals surface area contributed by atoms with Gasteiger partial charge in [-0.1, -0.05) is 54.6 Å². The van der Waals surface area contributed by atoms with Crippen LogP contribution in [0.5, 0.6) is 0 Å². The second kappa shape index (κ2) is 8.59. The Morgan fingerprint density at radius 2 is 1.68 bits per heavy atom. The van der Waals surface area contributed by atoms with Gasteiger partial charge in [0, 0.05) is 60.8 Å². The van der Waals surface area contributed by atoms with E-state index < -0.39 is 11.6 Å². The number of hydrogen-bond acceptors (Lipinski definition) is 5. The Balaban J connectivity index is 1.81. The van der Waals surface area contributed by atoms with Crippen molar-refractivity contribution in [1.29, 1.82) is 0 Å². The molecule has 0 saturated carbocycles. The van der Waals surface area contributed by atoms with Gasteiger partial charge in [-0.2, -0.15) is 0 Å². The van der Waals surface area contributed by atoms with Crippen LogP contribution in [0, 0.1) is 6.92 Å². The maximum absolute atomic E-state index is 13.4. The highest BCUT2D eigenvalue weighted by Crippen LogP contribution is 2.52. The summed E-state index contributed by atoms with van der Waals surface area (Å²) < 4.78 is 8.81. The number of ether oxygens (including phenoxy) is 1. The average molecular weight is 489 g/mol. The van der Waals surface area contributed by atoms with Gasteiger partial charge < -0.3 is 14.2 Å². The number of nitrogens with zero attached hydrogens (tertiary/aromatic N) is 4. The number of fused-ring (bicyclic) bond motifs is 2. The minimum Gasteiger partial charge on any atom is -0.438 e. The number of benzene rings is 3. The first-order valence-electron chi connectivity index (χ1n) is 12.5. The first kappa shape index (κ1) is 23.0. The van der Waals surface area contributed by atoms with Crippen LogP contribution in [0.3, 0.4) is 0 Å². The summed E-state index contributed by atoms with van der Waals surface area (Å²) in [5.74, 6) is -0.466. The van der Waals surface area contributed by atoms with Gasteiger partial charge in [-0.3, -0.25) is 4.98 Å². The monoisotopic (exact) mass is 488 g/mol. The average Bonchev–Trinajstić information content (AvgIpc) is 3.42. The molecule has 0 amide bonds. The first-order valence-corrected chi connectivity index (χ1v) is 12.5. The summed E-state index contributed by atoms with van der Waals surface area (Å²) in [5.41, 5.74) is 6.51. The van der Waals surface area contributed by atoms with Crippen molar-refractivity contribution in [3.63, 3.8) is 0 Å². The number of cyclic esters (lactones) is 1. The van der Waals surface area contributed by atoms with Crippen molar-refractivity contribution in [3.8, 4) is 11.3 Å². The zero-order chi connectivity index (χ0) is 25.7. The van der Waals surface area contributed by atoms with E-state index in [4.69, 9.17) is 9.72 Å². The minimum atomic E-state index is -1.26. The number of carbonyl (C=O) groups is 1. The molecule has 37 heavy (non-hydrogen) atoms. The molecule has 5 aromatic rings. The molecule has 184 valence electrons. The van der Waals surface area contributed by atoms with Crippen molar-refractivity contribution >= 4 is 22.6 Å². The zero-order valence-corrected chi connectivity index (χ0v) is 21.4. The predicted molar refractivity (Wildman–Crippen MR) is 146 cm³/mol. The maximum atomic E-state index is 13.4. The highest BCUT2D eigenvalue weighted by molar-refractivity contribution is 5.99. The third kappa shape index (κ3) is 3.29. The van der Waals surface area contributed by atoms with Crippen LogP contribution < -0.4 is 4.90 Å². The summed E-state index contributed by atoms with van der Waals surface area (Å²) in [6.45, 7) is 4.95. The number of rotatable bonds is 5. The third-order valence-corrected chi connectivity index (χ3v) is 7.26. The molecule has 1 aliphatic rings. The lowest BCUT2D eigenvalue weighted by molar-refractivity contribution is 0.0245. The Labute approximate surface area is 216 Å². The highest BCUT2D eigenvalue weighted by atomic mass is 16.6. The van der Waals surface area contributed by atoms with Crippen molar-refractivity contribution in [1.82, 2.24) is 14.5 Å². The quantitative estimate of drug-likeness (QED) is 0.286. The van der Waals surface area contributed by atoms with Gasteiger partial charge in [-0.15, -0.1) is 0 Å². The van der Waals surface area contributed by atoms with Gasteiger partial charge >= 0.3 is 5.97 Å². The number of carbonyl (C=O) groups excluding carboxylic acids is 1. The summed E-state index contributed by atoms with van der Waals surface area (Å²) in [7, 11) is 4.03. The summed E-state index contributed by atoms with van der Waals surface area (Å²) in [6.07, 6.45) is 3.19. The van der Waals surface area contributed by atoms with E-state index in [1.54, 1.807) is 12.4 Å². The van der Waals surface area contributed by atoms with Crippen molar-refractivity contribution in [2.24, 2.45) is 0 Å². The molecule has 0 spiro atoms. The number of esters is 1. The summed E-state index contributed by atoms with van der Waals surface area (Å²) in [4.78, 5) is 24.7. The van der Waals surface area contributed by atoms with Crippen molar-refractivity contribution in [2.45, 2.75) is 26.0 Å². The van der Waals surface area contributed by atoms with Crippen molar-refractivity contribution < 1.29 is 9.53 Å². The molecule has 1 atom stereocenters. The number of hydrogen-bond donors (Lipinski definition) is 0. The molecule has 2 aromatic heterocycles. The van der Waals surface area contributed by atoms with Gasteiger partial charge in [0.05, 0.1) is 5.69 Å². The van der Waals surface area contributed by atoms with E-state index in [9.17, 15) is 4.79 Å². The Morgan fingerprint density at radius 1 is 0.946 bits per heavy atom. The van der Waals surface area contributed by atoms with E-state index in [1.807, 2.05) is 44.4 Å². The molecular formula is C31H28N4O2. The number of aryl methyl sites for hydroxylation is 2. The van der Waals surface area contributed by atoms with Gasteiger partial charge in [-0.25, -0.2) is 9.78 Å². The van der Waals surface area contributed by atoms with Gasteiger partial charge in [0.1, 0.15) is 5.69 Å². The fraction of sp³-hybridized carbons (Fsp3) is 0.194. The SMILES string of the molecule is CCn1c(-c2ccccc2)c(C2(c3ccc(N(C)C)cc3C)OC(=O)c3nccnc32)c2ccccc21. The molecule has 6 nitrogen and oxygen atoms in total. The summed E-state index contributed by atoms with van der Waals surface area (Å²) in [5, 5.41) is 1.02. The minimum absolute atomic E-state index is 0.255. The summed E-state index contributed by atoms with van der Waals surface area (Å²) in [6, 6.07) is 24.9. The highest BCUT2D eigenvalue weighted by Gasteiger charge is 2.54. The normalized spacial score (nSPS) is 16.6. The lowest BCUT2D eigenvalue weighted by Gasteiger charge is -2.32. The van der Waals surface area contributed by atoms with Gasteiger partial charge in [0.2, 0.25) is 5.60 Å². The van der Waals surface area contributed by atoms with Crippen LogP contribution in [-0.2, 0) is 16.9 Å². The van der Waals surface area contributed by atoms with Crippen LogP contribution in [0.25, 0.3) is 22.2 Å². The first-order chi connectivity index (χ1) is 18.0. The second-order valence-corrected chi connectivity index (χ2v) is 9.57. The van der Waals surface area contributed by atoms with Crippen LogP contribution in [0.2, 0.25) is 0 Å². The molecule has 0 N–H and O–H groups in total. The zero-order valence-electron chi connectivity index (χ0n) is 21.4. The molecule has 1 aliphatic heterocycles. The van der Waals surface area contributed by atoms with E-state index in [-0.39, 0.29) is 5.69 Å². The van der Waals surface area contributed by atoms with Crippen molar-refractivity contribution in [3.05, 3.63) is 113 Å². The van der Waals surface area contributed by atoms with E-state index >= 15 is 0 Å². The smallest absolute Gasteiger partial charge is 0.360 e. The summed E-state index contributed by atoms with van der Waals surface area (Å²) >= 11 is 0. The molecule has 6 heteroatoms. The lowest BCUT2D eigenvalue weighted by Crippen LogP contribution is -2.32. The fourth-order valence-electron chi connectivity index (χ4n) is 5.67. The topological polar surface area (TPSA) is 60.2 Å². The van der Waals surface area contributed by atoms with Crippen LogP contribution in [0.15, 0.2) is 85.2 Å². The van der Waals surface area contributed by atoms with Crippen LogP contribution in [0.4, 0.5) is 5.69 Å². The molecule has 3 aromatic carbocycles. The maximum Gasteiger partial charge on any atom is 0.360 e. The van der Waals surface area contributed by atoms with Gasteiger partial charge in [0.25, 0.3) is 0 Å². The molecule has 0 bridgehead atoms. The van der Waals surface area contributed by atoms with Crippen LogP contribution in [-0.4, -0.2) is 34.6 Å². The predicted octanol–water partition coefficient (Wildman–Crippen LogP) is 5.95. The molecule has 0 fully saturated rings. The number of anilines is 1. The van der Waals surface area contributed by atoms with Crippen LogP contribution >= 0.6 is 0 Å². The van der Waals surface area contributed by atoms with Gasteiger partial charge in [-0.05, 0) is 43.2 Å². The van der Waals surface area contributed by atoms with E-state index in [2.05, 4.69) is 70.8 Å². The van der Waals surface area contributed by atoms with E-state index in [0.29, 0.717) is 5.69 Å². The molecule has 6 rings (SSSR count). The molecule has 0 aliphatic carbocycles. The van der Waals surface area contributed by atoms with E-state index in [0.717, 1.165) is 51.1 Å². The molecule has 1 unspecified atom stereocenters.